The second-order valence-corrected chi connectivity index (χ2v) is 7.03. The van der Waals surface area contributed by atoms with E-state index < -0.39 is 0 Å². The molecule has 1 aromatic rings. The Bertz CT molecular complexity index is 541. The topological polar surface area (TPSA) is 34.2 Å². The summed E-state index contributed by atoms with van der Waals surface area (Å²) in [6.45, 7) is 5.91. The molecule has 0 radical (unpaired) electrons. The number of anilines is 1. The molecule has 24 heavy (non-hydrogen) atoms. The van der Waals surface area contributed by atoms with Gasteiger partial charge < -0.3 is 19.1 Å². The summed E-state index contributed by atoms with van der Waals surface area (Å²) >= 11 is 0. The van der Waals surface area contributed by atoms with Gasteiger partial charge in [0.25, 0.3) is 0 Å². The Morgan fingerprint density at radius 1 is 1.00 bits per heavy atom. The van der Waals surface area contributed by atoms with Crippen molar-refractivity contribution in [3.8, 4) is 5.75 Å². The van der Waals surface area contributed by atoms with Gasteiger partial charge in [-0.25, -0.2) is 0 Å². The molecule has 1 saturated carbocycles. The summed E-state index contributed by atoms with van der Waals surface area (Å²) in [7, 11) is 1.75. The lowest BCUT2D eigenvalue weighted by molar-refractivity contribution is -0.184. The highest BCUT2D eigenvalue weighted by atomic mass is 16.7. The Morgan fingerprint density at radius 3 is 2.33 bits per heavy atom. The van der Waals surface area contributed by atoms with Crippen LogP contribution in [0, 0.1) is 0 Å². The number of benzene rings is 1. The maximum Gasteiger partial charge on any atom is 0.168 e. The lowest BCUT2D eigenvalue weighted by atomic mass is 9.88. The summed E-state index contributed by atoms with van der Waals surface area (Å²) in [6.07, 6.45) is 4.47. The summed E-state index contributed by atoms with van der Waals surface area (Å²) < 4.78 is 17.2. The van der Waals surface area contributed by atoms with Crippen LogP contribution in [0.1, 0.15) is 25.7 Å². The fourth-order valence-corrected chi connectivity index (χ4v) is 4.41. The molecule has 2 heterocycles. The van der Waals surface area contributed by atoms with Gasteiger partial charge in [0.2, 0.25) is 0 Å². The highest BCUT2D eigenvalue weighted by Crippen LogP contribution is 2.38. The molecule has 3 aliphatic rings. The normalized spacial score (nSPS) is 25.3. The van der Waals surface area contributed by atoms with E-state index in [0.29, 0.717) is 6.04 Å². The van der Waals surface area contributed by atoms with Crippen molar-refractivity contribution in [2.24, 2.45) is 0 Å². The van der Waals surface area contributed by atoms with Gasteiger partial charge in [0.05, 0.1) is 26.0 Å². The van der Waals surface area contributed by atoms with Gasteiger partial charge in [-0.05, 0) is 25.0 Å². The first kappa shape index (κ1) is 16.2. The number of piperazine rings is 1. The van der Waals surface area contributed by atoms with Gasteiger partial charge in [0.1, 0.15) is 5.75 Å². The molecule has 5 nitrogen and oxygen atoms in total. The number of hydrogen-bond acceptors (Lipinski definition) is 5. The molecule has 4 rings (SSSR count). The highest BCUT2D eigenvalue weighted by Gasteiger charge is 2.41. The first-order valence-electron chi connectivity index (χ1n) is 9.20. The molecule has 2 saturated heterocycles. The second kappa shape index (κ2) is 6.90. The van der Waals surface area contributed by atoms with Crippen LogP contribution in [0.15, 0.2) is 24.3 Å². The van der Waals surface area contributed by atoms with E-state index in [9.17, 15) is 0 Å². The largest absolute Gasteiger partial charge is 0.495 e. The average molecular weight is 332 g/mol. The summed E-state index contributed by atoms with van der Waals surface area (Å²) in [5, 5.41) is 0. The number of nitrogens with zero attached hydrogens (tertiary/aromatic N) is 2. The van der Waals surface area contributed by atoms with E-state index in [4.69, 9.17) is 14.2 Å². The third-order valence-electron chi connectivity index (χ3n) is 5.79. The van der Waals surface area contributed by atoms with E-state index in [1.54, 1.807) is 7.11 Å². The Labute approximate surface area is 144 Å². The highest BCUT2D eigenvalue weighted by molar-refractivity contribution is 5.58. The Kier molecular flexibility index (Phi) is 4.66. The minimum atomic E-state index is -0.240. The minimum absolute atomic E-state index is 0.240. The Balaban J connectivity index is 1.32. The minimum Gasteiger partial charge on any atom is -0.495 e. The number of rotatable bonds is 3. The Hall–Kier alpha value is -1.30. The van der Waals surface area contributed by atoms with Crippen LogP contribution >= 0.6 is 0 Å². The molecular weight excluding hydrogens is 304 g/mol. The van der Waals surface area contributed by atoms with E-state index in [-0.39, 0.29) is 5.79 Å². The molecule has 5 heteroatoms. The molecule has 132 valence electrons. The standard InChI is InChI=1S/C19H28N2O3/c1-22-18-5-3-2-4-17(18)21-12-10-20(11-13-21)16-6-8-19(9-7-16)23-14-15-24-19/h2-5,16H,6-15H2,1H3. The summed E-state index contributed by atoms with van der Waals surface area (Å²) in [4.78, 5) is 5.11. The van der Waals surface area contributed by atoms with Crippen LogP contribution in [-0.2, 0) is 9.47 Å². The van der Waals surface area contributed by atoms with Crippen LogP contribution in [0.3, 0.4) is 0 Å². The zero-order valence-corrected chi connectivity index (χ0v) is 14.6. The van der Waals surface area contributed by atoms with Crippen molar-refractivity contribution in [1.29, 1.82) is 0 Å². The third kappa shape index (κ3) is 3.13. The third-order valence-corrected chi connectivity index (χ3v) is 5.79. The van der Waals surface area contributed by atoms with E-state index in [1.807, 2.05) is 12.1 Å². The first-order valence-corrected chi connectivity index (χ1v) is 9.20. The maximum absolute atomic E-state index is 5.85. The van der Waals surface area contributed by atoms with Crippen LogP contribution in [0.2, 0.25) is 0 Å². The number of ether oxygens (including phenoxy) is 3. The average Bonchev–Trinajstić information content (AvgIpc) is 3.10. The predicted molar refractivity (Wildman–Crippen MR) is 93.7 cm³/mol. The molecule has 3 fully saturated rings. The monoisotopic (exact) mass is 332 g/mol. The molecular formula is C19H28N2O3. The molecule has 1 aliphatic carbocycles. The molecule has 0 aromatic heterocycles. The maximum atomic E-state index is 5.85. The molecule has 0 atom stereocenters. The zero-order valence-electron chi connectivity index (χ0n) is 14.6. The van der Waals surface area contributed by atoms with E-state index in [0.717, 1.165) is 58.0 Å². The SMILES string of the molecule is COc1ccccc1N1CCN(C2CCC3(CC2)OCCO3)CC1. The van der Waals surface area contributed by atoms with Gasteiger partial charge in [-0.15, -0.1) is 0 Å². The van der Waals surface area contributed by atoms with Crippen molar-refractivity contribution >= 4 is 5.69 Å². The smallest absolute Gasteiger partial charge is 0.168 e. The van der Waals surface area contributed by atoms with Gasteiger partial charge in [-0.2, -0.15) is 0 Å². The second-order valence-electron chi connectivity index (χ2n) is 7.03. The van der Waals surface area contributed by atoms with E-state index in [1.165, 1.54) is 18.5 Å². The van der Waals surface area contributed by atoms with Gasteiger partial charge in [-0.3, -0.25) is 4.90 Å². The Morgan fingerprint density at radius 2 is 1.67 bits per heavy atom. The van der Waals surface area contributed by atoms with Crippen molar-refractivity contribution < 1.29 is 14.2 Å². The van der Waals surface area contributed by atoms with Gasteiger partial charge in [-0.1, -0.05) is 12.1 Å². The lowest BCUT2D eigenvalue weighted by Crippen LogP contribution is -2.52. The molecule has 0 N–H and O–H groups in total. The zero-order chi connectivity index (χ0) is 16.4. The van der Waals surface area contributed by atoms with Crippen molar-refractivity contribution in [3.05, 3.63) is 24.3 Å². The molecule has 1 aromatic carbocycles. The van der Waals surface area contributed by atoms with Crippen molar-refractivity contribution in [3.63, 3.8) is 0 Å². The lowest BCUT2D eigenvalue weighted by Gasteiger charge is -2.44. The van der Waals surface area contributed by atoms with Crippen molar-refractivity contribution in [2.75, 3.05) is 51.4 Å². The molecule has 0 unspecified atom stereocenters. The van der Waals surface area contributed by atoms with Crippen LogP contribution in [0.25, 0.3) is 0 Å². The summed E-state index contributed by atoms with van der Waals surface area (Å²) in [6, 6.07) is 9.01. The molecule has 1 spiro atoms. The molecule has 2 aliphatic heterocycles. The van der Waals surface area contributed by atoms with Gasteiger partial charge >= 0.3 is 0 Å². The van der Waals surface area contributed by atoms with Gasteiger partial charge in [0.15, 0.2) is 5.79 Å². The summed E-state index contributed by atoms with van der Waals surface area (Å²) in [5.41, 5.74) is 1.22. The molecule has 0 bridgehead atoms. The fraction of sp³-hybridized carbons (Fsp3) is 0.684. The number of hydrogen-bond donors (Lipinski definition) is 0. The predicted octanol–water partition coefficient (Wildman–Crippen LogP) is 2.50. The van der Waals surface area contributed by atoms with Crippen LogP contribution < -0.4 is 9.64 Å². The quantitative estimate of drug-likeness (QED) is 0.850. The first-order chi connectivity index (χ1) is 11.8. The molecule has 0 amide bonds. The summed E-state index contributed by atoms with van der Waals surface area (Å²) in [5.74, 6) is 0.733. The van der Waals surface area contributed by atoms with Gasteiger partial charge in [0, 0.05) is 45.1 Å². The van der Waals surface area contributed by atoms with Crippen LogP contribution in [0.4, 0.5) is 5.69 Å². The van der Waals surface area contributed by atoms with Crippen molar-refractivity contribution in [1.82, 2.24) is 4.90 Å². The van der Waals surface area contributed by atoms with Crippen LogP contribution in [-0.4, -0.2) is 63.2 Å². The van der Waals surface area contributed by atoms with E-state index >= 15 is 0 Å². The number of methoxy groups -OCH3 is 1. The van der Waals surface area contributed by atoms with Crippen molar-refractivity contribution in [2.45, 2.75) is 37.5 Å². The number of para-hydroxylation sites is 2. The fourth-order valence-electron chi connectivity index (χ4n) is 4.41. The van der Waals surface area contributed by atoms with E-state index in [2.05, 4.69) is 21.9 Å². The van der Waals surface area contributed by atoms with Crippen LogP contribution in [0.5, 0.6) is 5.75 Å².